The molecule has 132 valence electrons. The molecule has 25 heavy (non-hydrogen) atoms. The van der Waals surface area contributed by atoms with E-state index in [1.807, 2.05) is 18.2 Å². The number of anilines is 1. The molecular weight excluding hydrogens is 332 g/mol. The number of carbonyl (C=O) groups is 1. The van der Waals surface area contributed by atoms with Gasteiger partial charge in [0, 0.05) is 25.2 Å². The van der Waals surface area contributed by atoms with Gasteiger partial charge in [-0.05, 0) is 42.0 Å². The third kappa shape index (κ3) is 5.45. The van der Waals surface area contributed by atoms with Gasteiger partial charge in [0.05, 0.1) is 0 Å². The van der Waals surface area contributed by atoms with E-state index in [4.69, 9.17) is 0 Å². The standard InChI is InChI=1S/C21H24N2O.ClH/c1-16(24)23-21-11-5-10-18-15-19(12-13-20(18)21)22-14-6-9-17-7-3-2-4-8-17;/h2-11,19,22H,12-15H2,1H3,(H,23,24);1H/b9-6+;. The lowest BCUT2D eigenvalue weighted by molar-refractivity contribution is -0.114. The lowest BCUT2D eigenvalue weighted by Crippen LogP contribution is -2.34. The first kappa shape index (κ1) is 19.2. The number of rotatable bonds is 5. The molecule has 0 spiro atoms. The summed E-state index contributed by atoms with van der Waals surface area (Å²) in [5.41, 5.74) is 4.85. The Hall–Kier alpha value is -2.10. The van der Waals surface area contributed by atoms with E-state index in [0.29, 0.717) is 6.04 Å². The highest BCUT2D eigenvalue weighted by atomic mass is 35.5. The summed E-state index contributed by atoms with van der Waals surface area (Å²) in [6.45, 7) is 2.44. The Morgan fingerprint density at radius 3 is 2.72 bits per heavy atom. The lowest BCUT2D eigenvalue weighted by atomic mass is 9.87. The van der Waals surface area contributed by atoms with Gasteiger partial charge in [0.2, 0.25) is 5.91 Å². The molecule has 1 unspecified atom stereocenters. The minimum absolute atomic E-state index is 0. The van der Waals surface area contributed by atoms with Gasteiger partial charge < -0.3 is 10.6 Å². The van der Waals surface area contributed by atoms with Gasteiger partial charge in [-0.2, -0.15) is 0 Å². The van der Waals surface area contributed by atoms with Crippen LogP contribution in [0, 0.1) is 0 Å². The van der Waals surface area contributed by atoms with Crippen LogP contribution in [0.4, 0.5) is 5.69 Å². The third-order valence-corrected chi connectivity index (χ3v) is 4.43. The first-order valence-electron chi connectivity index (χ1n) is 8.55. The van der Waals surface area contributed by atoms with Crippen molar-refractivity contribution in [3.63, 3.8) is 0 Å². The van der Waals surface area contributed by atoms with Gasteiger partial charge in [0.1, 0.15) is 0 Å². The van der Waals surface area contributed by atoms with Crippen LogP contribution < -0.4 is 10.6 Å². The Balaban J connectivity index is 0.00000225. The van der Waals surface area contributed by atoms with Crippen molar-refractivity contribution in [2.24, 2.45) is 0 Å². The van der Waals surface area contributed by atoms with E-state index in [9.17, 15) is 4.79 Å². The smallest absolute Gasteiger partial charge is 0.221 e. The van der Waals surface area contributed by atoms with Crippen molar-refractivity contribution in [2.75, 3.05) is 11.9 Å². The van der Waals surface area contributed by atoms with Crippen LogP contribution in [0.3, 0.4) is 0 Å². The van der Waals surface area contributed by atoms with E-state index in [0.717, 1.165) is 31.5 Å². The summed E-state index contributed by atoms with van der Waals surface area (Å²) in [4.78, 5) is 11.3. The zero-order valence-electron chi connectivity index (χ0n) is 14.5. The van der Waals surface area contributed by atoms with Crippen LogP contribution in [0.5, 0.6) is 0 Å². The van der Waals surface area contributed by atoms with Crippen LogP contribution in [0.2, 0.25) is 0 Å². The second kappa shape index (κ2) is 9.40. The van der Waals surface area contributed by atoms with Gasteiger partial charge in [-0.25, -0.2) is 0 Å². The minimum atomic E-state index is -0.00491. The van der Waals surface area contributed by atoms with E-state index >= 15 is 0 Å². The summed E-state index contributed by atoms with van der Waals surface area (Å²) < 4.78 is 0. The van der Waals surface area contributed by atoms with E-state index in [1.165, 1.54) is 16.7 Å². The molecule has 0 saturated carbocycles. The predicted octanol–water partition coefficient (Wildman–Crippen LogP) is 4.23. The van der Waals surface area contributed by atoms with Crippen molar-refractivity contribution in [1.82, 2.24) is 5.32 Å². The number of benzene rings is 2. The molecule has 2 N–H and O–H groups in total. The van der Waals surface area contributed by atoms with Gasteiger partial charge >= 0.3 is 0 Å². The zero-order valence-corrected chi connectivity index (χ0v) is 15.3. The van der Waals surface area contributed by atoms with Crippen LogP contribution in [-0.2, 0) is 17.6 Å². The number of hydrogen-bond donors (Lipinski definition) is 2. The highest BCUT2D eigenvalue weighted by Gasteiger charge is 2.20. The monoisotopic (exact) mass is 356 g/mol. The topological polar surface area (TPSA) is 41.1 Å². The quantitative estimate of drug-likeness (QED) is 0.841. The maximum atomic E-state index is 11.3. The molecule has 0 aromatic heterocycles. The van der Waals surface area contributed by atoms with Crippen LogP contribution in [0.15, 0.2) is 54.6 Å². The molecule has 1 aliphatic rings. The normalized spacial score (nSPS) is 16.1. The molecule has 0 radical (unpaired) electrons. The third-order valence-electron chi connectivity index (χ3n) is 4.43. The summed E-state index contributed by atoms with van der Waals surface area (Å²) >= 11 is 0. The van der Waals surface area contributed by atoms with Crippen molar-refractivity contribution in [3.05, 3.63) is 71.3 Å². The van der Waals surface area contributed by atoms with Crippen molar-refractivity contribution in [3.8, 4) is 0 Å². The Morgan fingerprint density at radius 2 is 1.96 bits per heavy atom. The molecule has 3 rings (SSSR count). The number of fused-ring (bicyclic) bond motifs is 1. The van der Waals surface area contributed by atoms with Crippen molar-refractivity contribution in [2.45, 2.75) is 32.2 Å². The summed E-state index contributed by atoms with van der Waals surface area (Å²) in [7, 11) is 0. The molecule has 0 fully saturated rings. The molecule has 4 heteroatoms. The average Bonchev–Trinajstić information content (AvgIpc) is 2.59. The highest BCUT2D eigenvalue weighted by molar-refractivity contribution is 5.89. The average molecular weight is 357 g/mol. The molecule has 1 aliphatic carbocycles. The summed E-state index contributed by atoms with van der Waals surface area (Å²) in [5.74, 6) is -0.00491. The number of halogens is 1. The number of amides is 1. The van der Waals surface area contributed by atoms with Gasteiger partial charge in [-0.15, -0.1) is 12.4 Å². The fourth-order valence-electron chi connectivity index (χ4n) is 3.28. The molecule has 2 aromatic carbocycles. The fraction of sp³-hybridized carbons (Fsp3) is 0.286. The lowest BCUT2D eigenvalue weighted by Gasteiger charge is -2.27. The zero-order chi connectivity index (χ0) is 16.8. The van der Waals surface area contributed by atoms with Gasteiger partial charge in [-0.1, -0.05) is 54.6 Å². The van der Waals surface area contributed by atoms with Crippen LogP contribution >= 0.6 is 12.4 Å². The van der Waals surface area contributed by atoms with Gasteiger partial charge in [0.25, 0.3) is 0 Å². The Bertz CT molecular complexity index is 728. The van der Waals surface area contributed by atoms with E-state index in [1.54, 1.807) is 6.92 Å². The maximum absolute atomic E-state index is 11.3. The second-order valence-electron chi connectivity index (χ2n) is 6.29. The van der Waals surface area contributed by atoms with Crippen LogP contribution in [-0.4, -0.2) is 18.5 Å². The molecular formula is C21H25ClN2O. The summed E-state index contributed by atoms with van der Waals surface area (Å²) in [5, 5.41) is 6.57. The van der Waals surface area contributed by atoms with Crippen molar-refractivity contribution < 1.29 is 4.79 Å². The molecule has 0 heterocycles. The molecule has 0 aliphatic heterocycles. The first-order chi connectivity index (χ1) is 11.7. The number of carbonyl (C=O) groups excluding carboxylic acids is 1. The SMILES string of the molecule is CC(=O)Nc1cccc2c1CCC(NC/C=C/c1ccccc1)C2.Cl. The van der Waals surface area contributed by atoms with Crippen LogP contribution in [0.25, 0.3) is 6.08 Å². The number of nitrogens with one attached hydrogen (secondary N) is 2. The Kier molecular flexibility index (Phi) is 7.23. The summed E-state index contributed by atoms with van der Waals surface area (Å²) in [6, 6.07) is 17.0. The maximum Gasteiger partial charge on any atom is 0.221 e. The number of hydrogen-bond acceptors (Lipinski definition) is 2. The highest BCUT2D eigenvalue weighted by Crippen LogP contribution is 2.28. The van der Waals surface area contributed by atoms with Gasteiger partial charge in [0.15, 0.2) is 0 Å². The molecule has 1 atom stereocenters. The fourth-order valence-corrected chi connectivity index (χ4v) is 3.28. The largest absolute Gasteiger partial charge is 0.326 e. The molecule has 3 nitrogen and oxygen atoms in total. The van der Waals surface area contributed by atoms with Crippen LogP contribution in [0.1, 0.15) is 30.0 Å². The molecule has 0 bridgehead atoms. The van der Waals surface area contributed by atoms with Crippen molar-refractivity contribution in [1.29, 1.82) is 0 Å². The first-order valence-corrected chi connectivity index (χ1v) is 8.55. The van der Waals surface area contributed by atoms with Gasteiger partial charge in [-0.3, -0.25) is 4.79 Å². The van der Waals surface area contributed by atoms with E-state index in [2.05, 4.69) is 53.1 Å². The van der Waals surface area contributed by atoms with E-state index in [-0.39, 0.29) is 18.3 Å². The Labute approximate surface area is 155 Å². The predicted molar refractivity (Wildman–Crippen MR) is 107 cm³/mol. The second-order valence-corrected chi connectivity index (χ2v) is 6.29. The minimum Gasteiger partial charge on any atom is -0.326 e. The van der Waals surface area contributed by atoms with E-state index < -0.39 is 0 Å². The Morgan fingerprint density at radius 1 is 1.16 bits per heavy atom. The molecule has 0 saturated heterocycles. The summed E-state index contributed by atoms with van der Waals surface area (Å²) in [6.07, 6.45) is 7.45. The van der Waals surface area contributed by atoms with Crippen molar-refractivity contribution >= 4 is 30.1 Å². The molecule has 1 amide bonds. The molecule has 2 aromatic rings.